The molecule has 0 aliphatic carbocycles. The summed E-state index contributed by atoms with van der Waals surface area (Å²) in [4.78, 5) is 15.5. The third-order valence-corrected chi connectivity index (χ3v) is 6.27. The summed E-state index contributed by atoms with van der Waals surface area (Å²) in [5, 5.41) is 6.47. The van der Waals surface area contributed by atoms with Crippen LogP contribution in [0.15, 0.2) is 41.5 Å². The van der Waals surface area contributed by atoms with E-state index in [4.69, 9.17) is 19.3 Å². The highest BCUT2D eigenvalue weighted by molar-refractivity contribution is 6.03. The zero-order valence-corrected chi connectivity index (χ0v) is 19.3. The molecule has 2 aliphatic heterocycles. The lowest BCUT2D eigenvalue weighted by molar-refractivity contribution is -0.135. The van der Waals surface area contributed by atoms with Crippen LogP contribution in [0.5, 0.6) is 11.5 Å². The van der Waals surface area contributed by atoms with Crippen LogP contribution in [0.3, 0.4) is 0 Å². The van der Waals surface area contributed by atoms with Crippen molar-refractivity contribution in [1.82, 2.24) is 9.91 Å². The van der Waals surface area contributed by atoms with Crippen LogP contribution in [-0.2, 0) is 9.53 Å². The summed E-state index contributed by atoms with van der Waals surface area (Å²) in [5.74, 6) is 1.38. The predicted molar refractivity (Wildman–Crippen MR) is 123 cm³/mol. The molecule has 2 aromatic rings. The number of amides is 1. The summed E-state index contributed by atoms with van der Waals surface area (Å²) >= 11 is 0. The van der Waals surface area contributed by atoms with Crippen molar-refractivity contribution in [2.75, 3.05) is 47.1 Å². The van der Waals surface area contributed by atoms with Crippen molar-refractivity contribution in [3.63, 3.8) is 0 Å². The number of hydrazone groups is 1. The van der Waals surface area contributed by atoms with E-state index in [1.807, 2.05) is 18.2 Å². The van der Waals surface area contributed by atoms with Crippen LogP contribution in [-0.4, -0.2) is 68.6 Å². The van der Waals surface area contributed by atoms with E-state index in [1.54, 1.807) is 19.2 Å². The van der Waals surface area contributed by atoms with Crippen LogP contribution in [0.25, 0.3) is 0 Å². The fourth-order valence-electron chi connectivity index (χ4n) is 4.19. The van der Waals surface area contributed by atoms with Gasteiger partial charge in [0.15, 0.2) is 0 Å². The molecule has 0 radical (unpaired) electrons. The topological polar surface area (TPSA) is 63.6 Å². The Morgan fingerprint density at radius 1 is 1.06 bits per heavy atom. The summed E-state index contributed by atoms with van der Waals surface area (Å²) < 4.78 is 16.4. The van der Waals surface area contributed by atoms with Crippen LogP contribution in [0.1, 0.15) is 34.7 Å². The molecule has 1 atom stereocenters. The van der Waals surface area contributed by atoms with Gasteiger partial charge in [-0.1, -0.05) is 12.1 Å². The molecule has 170 valence electrons. The van der Waals surface area contributed by atoms with Gasteiger partial charge < -0.3 is 14.2 Å². The lowest BCUT2D eigenvalue weighted by atomic mass is 9.96. The van der Waals surface area contributed by atoms with Crippen molar-refractivity contribution in [3.05, 3.63) is 58.7 Å². The van der Waals surface area contributed by atoms with Crippen LogP contribution in [0.4, 0.5) is 0 Å². The molecule has 0 N–H and O–H groups in total. The molecule has 1 amide bonds. The number of ether oxygens (including phenoxy) is 3. The second kappa shape index (κ2) is 9.71. The van der Waals surface area contributed by atoms with Gasteiger partial charge >= 0.3 is 0 Å². The highest BCUT2D eigenvalue weighted by atomic mass is 16.5. The highest BCUT2D eigenvalue weighted by Crippen LogP contribution is 2.39. The first kappa shape index (κ1) is 22.3. The fourth-order valence-corrected chi connectivity index (χ4v) is 4.19. The van der Waals surface area contributed by atoms with Crippen molar-refractivity contribution >= 4 is 11.6 Å². The first-order valence-electron chi connectivity index (χ1n) is 11.0. The molecule has 0 aromatic heterocycles. The van der Waals surface area contributed by atoms with Gasteiger partial charge in [-0.2, -0.15) is 5.10 Å². The molecule has 0 unspecified atom stereocenters. The Hall–Kier alpha value is -2.90. The highest BCUT2D eigenvalue weighted by Gasteiger charge is 2.35. The molecular weight excluding hydrogens is 406 g/mol. The van der Waals surface area contributed by atoms with Crippen LogP contribution < -0.4 is 9.47 Å². The Morgan fingerprint density at radius 3 is 2.53 bits per heavy atom. The van der Waals surface area contributed by atoms with Crippen molar-refractivity contribution in [2.24, 2.45) is 5.10 Å². The van der Waals surface area contributed by atoms with E-state index in [1.165, 1.54) is 11.1 Å². The zero-order chi connectivity index (χ0) is 22.7. The number of rotatable bonds is 6. The van der Waals surface area contributed by atoms with E-state index in [0.29, 0.717) is 37.7 Å². The van der Waals surface area contributed by atoms with Gasteiger partial charge in [-0.25, -0.2) is 5.01 Å². The largest absolute Gasteiger partial charge is 0.497 e. The summed E-state index contributed by atoms with van der Waals surface area (Å²) in [5.41, 5.74) is 5.33. The number of morpholine rings is 1. The van der Waals surface area contributed by atoms with Gasteiger partial charge in [0, 0.05) is 31.1 Å². The monoisotopic (exact) mass is 437 g/mol. The molecule has 7 heteroatoms. The summed E-state index contributed by atoms with van der Waals surface area (Å²) in [7, 11) is 3.27. The number of carbonyl (C=O) groups excluding carboxylic acids is 1. The van der Waals surface area contributed by atoms with Crippen LogP contribution >= 0.6 is 0 Å². The van der Waals surface area contributed by atoms with Gasteiger partial charge in [0.05, 0.1) is 45.7 Å². The van der Waals surface area contributed by atoms with Crippen molar-refractivity contribution < 1.29 is 19.0 Å². The first-order valence-corrected chi connectivity index (χ1v) is 11.0. The lowest BCUT2D eigenvalue weighted by Crippen LogP contribution is -2.43. The molecule has 0 spiro atoms. The van der Waals surface area contributed by atoms with E-state index in [-0.39, 0.29) is 11.9 Å². The normalized spacial score (nSPS) is 19.1. The molecule has 2 aliphatic rings. The maximum absolute atomic E-state index is 13.4. The van der Waals surface area contributed by atoms with Crippen LogP contribution in [0, 0.1) is 13.8 Å². The molecule has 2 aromatic carbocycles. The Kier molecular flexibility index (Phi) is 6.77. The number of hydrogen-bond acceptors (Lipinski definition) is 6. The molecule has 1 fully saturated rings. The quantitative estimate of drug-likeness (QED) is 0.694. The van der Waals surface area contributed by atoms with E-state index in [0.717, 1.165) is 29.9 Å². The maximum Gasteiger partial charge on any atom is 0.257 e. The van der Waals surface area contributed by atoms with Crippen molar-refractivity contribution in [1.29, 1.82) is 0 Å². The molecule has 7 nitrogen and oxygen atoms in total. The molecule has 1 saturated heterocycles. The molecular formula is C25H31N3O4. The van der Waals surface area contributed by atoms with E-state index < -0.39 is 0 Å². The Balaban J connectivity index is 1.67. The fraction of sp³-hybridized carbons (Fsp3) is 0.440. The Bertz CT molecular complexity index is 1010. The van der Waals surface area contributed by atoms with E-state index in [2.05, 4.69) is 36.9 Å². The van der Waals surface area contributed by atoms with Crippen molar-refractivity contribution in [3.8, 4) is 11.5 Å². The van der Waals surface area contributed by atoms with Gasteiger partial charge in [0.1, 0.15) is 11.5 Å². The van der Waals surface area contributed by atoms with Gasteiger partial charge in [-0.3, -0.25) is 9.69 Å². The number of methoxy groups -OCH3 is 2. The first-order chi connectivity index (χ1) is 15.5. The minimum absolute atomic E-state index is 0.0198. The zero-order valence-electron chi connectivity index (χ0n) is 19.3. The average Bonchev–Trinajstić information content (AvgIpc) is 3.26. The third kappa shape index (κ3) is 4.64. The second-order valence-corrected chi connectivity index (χ2v) is 8.30. The summed E-state index contributed by atoms with van der Waals surface area (Å²) in [6, 6.07) is 11.8. The third-order valence-electron chi connectivity index (χ3n) is 6.27. The maximum atomic E-state index is 13.4. The van der Waals surface area contributed by atoms with Gasteiger partial charge in [0.25, 0.3) is 5.91 Å². The summed E-state index contributed by atoms with van der Waals surface area (Å²) in [6.45, 7) is 7.33. The summed E-state index contributed by atoms with van der Waals surface area (Å²) in [6.07, 6.45) is 0.625. The van der Waals surface area contributed by atoms with Gasteiger partial charge in [-0.15, -0.1) is 0 Å². The number of aryl methyl sites for hydroxylation is 2. The lowest BCUT2D eigenvalue weighted by Gasteiger charge is -2.29. The number of hydrogen-bond donors (Lipinski definition) is 0. The average molecular weight is 438 g/mol. The molecule has 0 saturated carbocycles. The minimum Gasteiger partial charge on any atom is -0.497 e. The number of carbonyl (C=O) groups is 1. The number of nitrogens with zero attached hydrogens (tertiary/aromatic N) is 3. The minimum atomic E-state index is -0.235. The SMILES string of the molecule is COc1ccc([C@@H]2CC(c3ccc(C)c(C)c3)=NN2C(=O)CN2CCOCC2)c(OC)c1. The Labute approximate surface area is 189 Å². The second-order valence-electron chi connectivity index (χ2n) is 8.30. The van der Waals surface area contributed by atoms with Crippen LogP contribution in [0.2, 0.25) is 0 Å². The van der Waals surface area contributed by atoms with Crippen molar-refractivity contribution in [2.45, 2.75) is 26.3 Å². The van der Waals surface area contributed by atoms with Gasteiger partial charge in [-0.05, 0) is 48.7 Å². The molecule has 4 rings (SSSR count). The van der Waals surface area contributed by atoms with E-state index >= 15 is 0 Å². The van der Waals surface area contributed by atoms with E-state index in [9.17, 15) is 4.79 Å². The number of benzene rings is 2. The Morgan fingerprint density at radius 2 is 1.84 bits per heavy atom. The smallest absolute Gasteiger partial charge is 0.257 e. The molecule has 0 bridgehead atoms. The standard InChI is InChI=1S/C25H31N3O4/c1-17-5-6-19(13-18(17)2)22-15-23(21-8-7-20(30-3)14-24(21)31-4)28(26-22)25(29)16-27-9-11-32-12-10-27/h5-8,13-14,23H,9-12,15-16H2,1-4H3/t23-/m0/s1. The molecule has 32 heavy (non-hydrogen) atoms. The molecule has 2 heterocycles. The predicted octanol–water partition coefficient (Wildman–Crippen LogP) is 3.33. The van der Waals surface area contributed by atoms with Gasteiger partial charge in [0.2, 0.25) is 0 Å².